The van der Waals surface area contributed by atoms with Gasteiger partial charge in [0.25, 0.3) is 0 Å². The number of hydrogen-bond donors (Lipinski definition) is 2. The molecule has 0 aliphatic heterocycles. The minimum Gasteiger partial charge on any atom is -0.330 e. The molecule has 0 atom stereocenters. The fourth-order valence-corrected chi connectivity index (χ4v) is 2.12. The van der Waals surface area contributed by atoms with Crippen molar-refractivity contribution in [3.63, 3.8) is 0 Å². The molecule has 0 bridgehead atoms. The molecule has 1 aromatic carbocycles. The van der Waals surface area contributed by atoms with Gasteiger partial charge in [0.2, 0.25) is 5.91 Å². The van der Waals surface area contributed by atoms with Gasteiger partial charge >= 0.3 is 0 Å². The van der Waals surface area contributed by atoms with E-state index in [1.807, 2.05) is 24.3 Å². The van der Waals surface area contributed by atoms with Crippen molar-refractivity contribution in [2.45, 2.75) is 32.1 Å². The average molecular weight is 383 g/mol. The van der Waals surface area contributed by atoms with E-state index >= 15 is 0 Å². The van der Waals surface area contributed by atoms with Crippen LogP contribution in [0.25, 0.3) is 0 Å². The van der Waals surface area contributed by atoms with Gasteiger partial charge in [-0.15, -0.1) is 12.4 Å². The summed E-state index contributed by atoms with van der Waals surface area (Å²) in [5.74, 6) is 0.0970. The van der Waals surface area contributed by atoms with Crippen molar-refractivity contribution in [3.8, 4) is 0 Å². The first kappa shape index (κ1) is 17.7. The number of nitrogens with two attached hydrogens (primary N) is 1. The highest BCUT2D eigenvalue weighted by molar-refractivity contribution is 14.1. The summed E-state index contributed by atoms with van der Waals surface area (Å²) in [4.78, 5) is 11.6. The zero-order valence-corrected chi connectivity index (χ0v) is 13.3. The monoisotopic (exact) mass is 382 g/mol. The summed E-state index contributed by atoms with van der Waals surface area (Å²) in [6, 6.07) is 7.82. The number of nitrogens with one attached hydrogen (secondary N) is 1. The third kappa shape index (κ3) is 7.89. The van der Waals surface area contributed by atoms with E-state index in [-0.39, 0.29) is 18.3 Å². The third-order valence-electron chi connectivity index (χ3n) is 2.47. The molecule has 1 aromatic rings. The Kier molecular flexibility index (Phi) is 10.4. The Hall–Kier alpha value is -0.330. The van der Waals surface area contributed by atoms with E-state index in [0.717, 1.165) is 41.5 Å². The van der Waals surface area contributed by atoms with E-state index in [2.05, 4.69) is 27.9 Å². The Morgan fingerprint density at radius 2 is 1.94 bits per heavy atom. The van der Waals surface area contributed by atoms with Crippen molar-refractivity contribution < 1.29 is 4.79 Å². The third-order valence-corrected chi connectivity index (χ3v) is 3.14. The van der Waals surface area contributed by atoms with E-state index in [1.54, 1.807) is 0 Å². The topological polar surface area (TPSA) is 55.1 Å². The molecule has 0 saturated heterocycles. The van der Waals surface area contributed by atoms with E-state index in [1.165, 1.54) is 0 Å². The molecule has 0 saturated carbocycles. The zero-order valence-electron chi connectivity index (χ0n) is 10.3. The van der Waals surface area contributed by atoms with E-state index < -0.39 is 0 Å². The predicted octanol–water partition coefficient (Wildman–Crippen LogP) is 3.56. The molecule has 5 heteroatoms. The normalized spacial score (nSPS) is 9.67. The number of carbonyl (C=O) groups is 1. The molecule has 0 aromatic heterocycles. The van der Waals surface area contributed by atoms with E-state index in [9.17, 15) is 4.79 Å². The molecule has 18 heavy (non-hydrogen) atoms. The molecule has 1 rings (SSSR count). The minimum absolute atomic E-state index is 0. The summed E-state index contributed by atoms with van der Waals surface area (Å²) in [5, 5.41) is 2.91. The van der Waals surface area contributed by atoms with E-state index in [0.29, 0.717) is 6.42 Å². The molecule has 0 radical (unpaired) electrons. The van der Waals surface area contributed by atoms with Crippen LogP contribution in [0.2, 0.25) is 0 Å². The number of amides is 1. The Morgan fingerprint density at radius 3 is 2.61 bits per heavy atom. The van der Waals surface area contributed by atoms with Gasteiger partial charge in [-0.2, -0.15) is 0 Å². The lowest BCUT2D eigenvalue weighted by Gasteiger charge is -2.05. The fourth-order valence-electron chi connectivity index (χ4n) is 1.57. The average Bonchev–Trinajstić information content (AvgIpc) is 2.29. The van der Waals surface area contributed by atoms with Crippen LogP contribution in [0, 0.1) is 3.57 Å². The SMILES string of the molecule is Cl.NCCCCCCC(=O)Nc1cccc(I)c1. The number of rotatable bonds is 7. The van der Waals surface area contributed by atoms with Crippen LogP contribution in [0.4, 0.5) is 5.69 Å². The summed E-state index contributed by atoms with van der Waals surface area (Å²) in [6.07, 6.45) is 4.79. The highest BCUT2D eigenvalue weighted by atomic mass is 127. The predicted molar refractivity (Wildman–Crippen MR) is 87.2 cm³/mol. The van der Waals surface area contributed by atoms with Crippen LogP contribution in [0.15, 0.2) is 24.3 Å². The smallest absolute Gasteiger partial charge is 0.224 e. The van der Waals surface area contributed by atoms with Crippen LogP contribution in [-0.2, 0) is 4.79 Å². The zero-order chi connectivity index (χ0) is 12.5. The number of hydrogen-bond acceptors (Lipinski definition) is 2. The molecule has 0 fully saturated rings. The first-order chi connectivity index (χ1) is 8.22. The maximum absolute atomic E-state index is 11.6. The van der Waals surface area contributed by atoms with Gasteiger partial charge in [-0.1, -0.05) is 18.9 Å². The number of carbonyl (C=O) groups excluding carboxylic acids is 1. The molecule has 0 aliphatic carbocycles. The van der Waals surface area contributed by atoms with Crippen molar-refractivity contribution in [2.75, 3.05) is 11.9 Å². The van der Waals surface area contributed by atoms with Crippen LogP contribution in [0.3, 0.4) is 0 Å². The van der Waals surface area contributed by atoms with Gasteiger partial charge in [-0.25, -0.2) is 0 Å². The van der Waals surface area contributed by atoms with Gasteiger partial charge in [0, 0.05) is 15.7 Å². The second-order valence-electron chi connectivity index (χ2n) is 4.01. The summed E-state index contributed by atoms with van der Waals surface area (Å²) < 4.78 is 1.13. The Morgan fingerprint density at radius 1 is 1.22 bits per heavy atom. The van der Waals surface area contributed by atoms with Gasteiger partial charge in [-0.3, -0.25) is 4.79 Å². The first-order valence-corrected chi connectivity index (χ1v) is 7.06. The van der Waals surface area contributed by atoms with Crippen molar-refractivity contribution in [1.29, 1.82) is 0 Å². The maximum Gasteiger partial charge on any atom is 0.224 e. The summed E-state index contributed by atoms with van der Waals surface area (Å²) in [7, 11) is 0. The largest absolute Gasteiger partial charge is 0.330 e. The van der Waals surface area contributed by atoms with Crippen molar-refractivity contribution in [2.24, 2.45) is 5.73 Å². The van der Waals surface area contributed by atoms with Gasteiger partial charge in [-0.05, 0) is 60.2 Å². The molecule has 1 amide bonds. The first-order valence-electron chi connectivity index (χ1n) is 5.98. The van der Waals surface area contributed by atoms with E-state index in [4.69, 9.17) is 5.73 Å². The lowest BCUT2D eigenvalue weighted by molar-refractivity contribution is -0.116. The van der Waals surface area contributed by atoms with Crippen LogP contribution < -0.4 is 11.1 Å². The standard InChI is InChI=1S/C13H19IN2O.ClH/c14-11-6-5-7-12(10-11)16-13(17)8-3-1-2-4-9-15;/h5-7,10H,1-4,8-9,15H2,(H,16,17);1H. The van der Waals surface area contributed by atoms with Gasteiger partial charge in [0.05, 0.1) is 0 Å². The highest BCUT2D eigenvalue weighted by Crippen LogP contribution is 2.13. The summed E-state index contributed by atoms with van der Waals surface area (Å²) >= 11 is 2.23. The molecule has 3 nitrogen and oxygen atoms in total. The summed E-state index contributed by atoms with van der Waals surface area (Å²) in [5.41, 5.74) is 6.29. The fraction of sp³-hybridized carbons (Fsp3) is 0.462. The Balaban J connectivity index is 0.00000289. The van der Waals surface area contributed by atoms with Gasteiger partial charge in [0.15, 0.2) is 0 Å². The molecule has 0 unspecified atom stereocenters. The van der Waals surface area contributed by atoms with Gasteiger partial charge < -0.3 is 11.1 Å². The number of halogens is 2. The van der Waals surface area contributed by atoms with Crippen molar-refractivity contribution >= 4 is 46.6 Å². The number of benzene rings is 1. The van der Waals surface area contributed by atoms with Crippen LogP contribution in [0.1, 0.15) is 32.1 Å². The molecule has 0 spiro atoms. The van der Waals surface area contributed by atoms with Gasteiger partial charge in [0.1, 0.15) is 0 Å². The Labute approximate surface area is 128 Å². The number of unbranched alkanes of at least 4 members (excludes halogenated alkanes) is 3. The Bertz CT molecular complexity index is 361. The second kappa shape index (κ2) is 10.6. The quantitative estimate of drug-likeness (QED) is 0.559. The lowest BCUT2D eigenvalue weighted by atomic mass is 10.1. The molecular weight excluding hydrogens is 363 g/mol. The number of anilines is 1. The molecule has 3 N–H and O–H groups in total. The molecule has 0 aliphatic rings. The summed E-state index contributed by atoms with van der Waals surface area (Å²) in [6.45, 7) is 0.745. The van der Waals surface area contributed by atoms with Crippen molar-refractivity contribution in [3.05, 3.63) is 27.8 Å². The highest BCUT2D eigenvalue weighted by Gasteiger charge is 2.02. The minimum atomic E-state index is 0. The van der Waals surface area contributed by atoms with Crippen LogP contribution in [-0.4, -0.2) is 12.5 Å². The van der Waals surface area contributed by atoms with Crippen LogP contribution in [0.5, 0.6) is 0 Å². The maximum atomic E-state index is 11.6. The van der Waals surface area contributed by atoms with Crippen LogP contribution >= 0.6 is 35.0 Å². The second-order valence-corrected chi connectivity index (χ2v) is 5.26. The molecule has 0 heterocycles. The molecule has 102 valence electrons. The molecular formula is C13H20ClIN2O. The lowest BCUT2D eigenvalue weighted by Crippen LogP contribution is -2.11. The van der Waals surface area contributed by atoms with Crippen molar-refractivity contribution in [1.82, 2.24) is 0 Å².